The zero-order valence-corrected chi connectivity index (χ0v) is 20.3. The number of rotatable bonds is 6. The number of hydrogen-bond acceptors (Lipinski definition) is 6. The van der Waals surface area contributed by atoms with Gasteiger partial charge in [0.15, 0.2) is 0 Å². The number of aromatic nitrogens is 1. The molecule has 0 aliphatic carbocycles. The summed E-state index contributed by atoms with van der Waals surface area (Å²) in [6.45, 7) is 1.23. The summed E-state index contributed by atoms with van der Waals surface area (Å²) in [6, 6.07) is 8.62. The molecule has 0 spiro atoms. The second-order valence-electron chi connectivity index (χ2n) is 8.27. The monoisotopic (exact) mass is 493 g/mol. The molecule has 0 unspecified atom stereocenters. The first-order valence-corrected chi connectivity index (χ1v) is 12.8. The van der Waals surface area contributed by atoms with Crippen molar-refractivity contribution in [3.05, 3.63) is 47.2 Å². The van der Waals surface area contributed by atoms with E-state index in [1.54, 1.807) is 20.3 Å². The van der Waals surface area contributed by atoms with Crippen molar-refractivity contribution in [2.75, 3.05) is 33.9 Å². The number of hydrogen-bond donors (Lipinski definition) is 0. The lowest BCUT2D eigenvalue weighted by molar-refractivity contribution is -0.137. The number of pyridine rings is 1. The molecule has 10 heteroatoms. The first-order valence-electron chi connectivity index (χ1n) is 11.0. The van der Waals surface area contributed by atoms with Crippen LogP contribution < -0.4 is 9.47 Å². The first-order chi connectivity index (χ1) is 15.9. The molecule has 1 aromatic heterocycles. The van der Waals surface area contributed by atoms with Crippen LogP contribution in [-0.4, -0.2) is 62.4 Å². The van der Waals surface area contributed by atoms with Crippen LogP contribution in [0.5, 0.6) is 11.5 Å². The molecule has 0 saturated carbocycles. The Labute approximate surface area is 199 Å². The standard InChI is InChI=1S/C23H28ClN3O5S/c1-31-17-7-8-18(20(15-17)32-2)19-5-4-12-27(19)23(28)16-9-13-26(14-10-16)33(29,30)21-6-3-11-25-22(21)24/h3,6-8,11,15-16,19H,4-5,9-10,12-14H2,1-2H3/t19-/m0/s1. The second-order valence-corrected chi connectivity index (χ2v) is 10.5. The number of nitrogens with zero attached hydrogens (tertiary/aromatic N) is 3. The van der Waals surface area contributed by atoms with Crippen LogP contribution in [0.25, 0.3) is 0 Å². The minimum absolute atomic E-state index is 0.00245. The Balaban J connectivity index is 1.46. The van der Waals surface area contributed by atoms with Gasteiger partial charge in [-0.1, -0.05) is 11.6 Å². The summed E-state index contributed by atoms with van der Waals surface area (Å²) in [7, 11) is -0.524. The molecular weight excluding hydrogens is 466 g/mol. The smallest absolute Gasteiger partial charge is 0.246 e. The van der Waals surface area contributed by atoms with E-state index < -0.39 is 10.0 Å². The van der Waals surface area contributed by atoms with Crippen LogP contribution in [0, 0.1) is 5.92 Å². The summed E-state index contributed by atoms with van der Waals surface area (Å²) in [4.78, 5) is 19.3. The van der Waals surface area contributed by atoms with E-state index in [4.69, 9.17) is 21.1 Å². The van der Waals surface area contributed by atoms with Crippen LogP contribution in [-0.2, 0) is 14.8 Å². The Kier molecular flexibility index (Phi) is 7.11. The summed E-state index contributed by atoms with van der Waals surface area (Å²) < 4.78 is 38.2. The van der Waals surface area contributed by atoms with Crippen LogP contribution in [0.3, 0.4) is 0 Å². The van der Waals surface area contributed by atoms with Crippen molar-refractivity contribution in [2.45, 2.75) is 36.6 Å². The van der Waals surface area contributed by atoms with Gasteiger partial charge in [-0.05, 0) is 49.9 Å². The molecule has 0 N–H and O–H groups in total. The zero-order chi connectivity index (χ0) is 23.6. The summed E-state index contributed by atoms with van der Waals surface area (Å²) in [5, 5.41) is -0.0379. The highest BCUT2D eigenvalue weighted by atomic mass is 35.5. The van der Waals surface area contributed by atoms with Crippen LogP contribution >= 0.6 is 11.6 Å². The summed E-state index contributed by atoms with van der Waals surface area (Å²) >= 11 is 6.02. The van der Waals surface area contributed by atoms with E-state index >= 15 is 0 Å². The largest absolute Gasteiger partial charge is 0.497 e. The Morgan fingerprint density at radius 1 is 1.09 bits per heavy atom. The zero-order valence-electron chi connectivity index (χ0n) is 18.7. The minimum atomic E-state index is -3.74. The maximum absolute atomic E-state index is 13.4. The molecule has 0 bridgehead atoms. The molecule has 2 aliphatic rings. The molecule has 178 valence electrons. The number of carbonyl (C=O) groups excluding carboxylic acids is 1. The average molecular weight is 494 g/mol. The number of piperidine rings is 1. The summed E-state index contributed by atoms with van der Waals surface area (Å²) in [6.07, 6.45) is 4.17. The van der Waals surface area contributed by atoms with Crippen molar-refractivity contribution >= 4 is 27.5 Å². The number of ether oxygens (including phenoxy) is 2. The van der Waals surface area contributed by atoms with Gasteiger partial charge in [0.05, 0.1) is 20.3 Å². The molecule has 1 aromatic carbocycles. The van der Waals surface area contributed by atoms with Gasteiger partial charge in [0, 0.05) is 43.4 Å². The molecular formula is C23H28ClN3O5S. The highest BCUT2D eigenvalue weighted by molar-refractivity contribution is 7.89. The highest BCUT2D eigenvalue weighted by Gasteiger charge is 2.39. The van der Waals surface area contributed by atoms with Crippen LogP contribution in [0.2, 0.25) is 5.15 Å². The Morgan fingerprint density at radius 2 is 1.85 bits per heavy atom. The molecule has 33 heavy (non-hydrogen) atoms. The van der Waals surface area contributed by atoms with E-state index in [2.05, 4.69) is 4.98 Å². The molecule has 2 fully saturated rings. The van der Waals surface area contributed by atoms with E-state index in [1.165, 1.54) is 16.6 Å². The van der Waals surface area contributed by atoms with E-state index in [1.807, 2.05) is 23.1 Å². The van der Waals surface area contributed by atoms with Crippen molar-refractivity contribution in [3.63, 3.8) is 0 Å². The first kappa shape index (κ1) is 23.8. The fourth-order valence-electron chi connectivity index (χ4n) is 4.73. The SMILES string of the molecule is COc1ccc([C@@H]2CCCN2C(=O)C2CCN(S(=O)(=O)c3cccnc3Cl)CC2)c(OC)c1. The molecule has 1 atom stereocenters. The Morgan fingerprint density at radius 3 is 2.52 bits per heavy atom. The fourth-order valence-corrected chi connectivity index (χ4v) is 6.63. The maximum Gasteiger partial charge on any atom is 0.246 e. The van der Waals surface area contributed by atoms with Crippen molar-refractivity contribution < 1.29 is 22.7 Å². The highest BCUT2D eigenvalue weighted by Crippen LogP contribution is 2.40. The number of carbonyl (C=O) groups is 1. The Bertz CT molecular complexity index is 1120. The van der Waals surface area contributed by atoms with Crippen LogP contribution in [0.1, 0.15) is 37.3 Å². The van der Waals surface area contributed by atoms with Crippen molar-refractivity contribution in [1.29, 1.82) is 0 Å². The average Bonchev–Trinajstić information content (AvgIpc) is 3.33. The maximum atomic E-state index is 13.4. The molecule has 3 heterocycles. The van der Waals surface area contributed by atoms with Gasteiger partial charge < -0.3 is 14.4 Å². The second kappa shape index (κ2) is 9.87. The molecule has 2 aromatic rings. The number of halogens is 1. The quantitative estimate of drug-likeness (QED) is 0.572. The number of likely N-dealkylation sites (tertiary alicyclic amines) is 1. The minimum Gasteiger partial charge on any atom is -0.497 e. The molecule has 1 amide bonds. The lowest BCUT2D eigenvalue weighted by Crippen LogP contribution is -2.44. The third-order valence-corrected chi connectivity index (χ3v) is 8.82. The van der Waals surface area contributed by atoms with Crippen LogP contribution in [0.4, 0.5) is 0 Å². The van der Waals surface area contributed by atoms with Gasteiger partial charge in [-0.25, -0.2) is 13.4 Å². The van der Waals surface area contributed by atoms with Gasteiger partial charge in [-0.3, -0.25) is 4.79 Å². The fraction of sp³-hybridized carbons (Fsp3) is 0.478. The lowest BCUT2D eigenvalue weighted by atomic mass is 9.95. The van der Waals surface area contributed by atoms with Gasteiger partial charge in [-0.2, -0.15) is 4.31 Å². The van der Waals surface area contributed by atoms with Crippen LogP contribution in [0.15, 0.2) is 41.4 Å². The molecule has 4 rings (SSSR count). The molecule has 2 saturated heterocycles. The van der Waals surface area contributed by atoms with Crippen molar-refractivity contribution in [3.8, 4) is 11.5 Å². The van der Waals surface area contributed by atoms with Gasteiger partial charge in [0.1, 0.15) is 21.5 Å². The number of methoxy groups -OCH3 is 2. The molecule has 0 radical (unpaired) electrons. The lowest BCUT2D eigenvalue weighted by Gasteiger charge is -2.34. The molecule has 8 nitrogen and oxygen atoms in total. The van der Waals surface area contributed by atoms with E-state index in [-0.39, 0.29) is 41.0 Å². The third-order valence-electron chi connectivity index (χ3n) is 6.48. The number of amides is 1. The van der Waals surface area contributed by atoms with Gasteiger partial charge in [0.25, 0.3) is 0 Å². The van der Waals surface area contributed by atoms with E-state index in [9.17, 15) is 13.2 Å². The van der Waals surface area contributed by atoms with E-state index in [0.29, 0.717) is 30.9 Å². The summed E-state index contributed by atoms with van der Waals surface area (Å²) in [5.74, 6) is 1.26. The van der Waals surface area contributed by atoms with Crippen molar-refractivity contribution in [1.82, 2.24) is 14.2 Å². The Hall–Kier alpha value is -2.36. The summed E-state index contributed by atoms with van der Waals surface area (Å²) in [5.41, 5.74) is 0.968. The number of benzene rings is 1. The van der Waals surface area contributed by atoms with Gasteiger partial charge in [-0.15, -0.1) is 0 Å². The predicted molar refractivity (Wildman–Crippen MR) is 124 cm³/mol. The third kappa shape index (κ3) is 4.67. The molecule has 2 aliphatic heterocycles. The topological polar surface area (TPSA) is 89.0 Å². The van der Waals surface area contributed by atoms with E-state index in [0.717, 1.165) is 18.4 Å². The predicted octanol–water partition coefficient (Wildman–Crippen LogP) is 3.52. The van der Waals surface area contributed by atoms with Gasteiger partial charge in [0.2, 0.25) is 15.9 Å². The number of sulfonamides is 1. The normalized spacial score (nSPS) is 20.1. The van der Waals surface area contributed by atoms with Gasteiger partial charge >= 0.3 is 0 Å². The van der Waals surface area contributed by atoms with Crippen molar-refractivity contribution in [2.24, 2.45) is 5.92 Å².